The molecule has 0 N–H and O–H groups in total. The highest BCUT2D eigenvalue weighted by Gasteiger charge is 2.12. The van der Waals surface area contributed by atoms with Crippen molar-refractivity contribution in [2.24, 2.45) is 0 Å². The smallest absolute Gasteiger partial charge is 0.0117 e. The summed E-state index contributed by atoms with van der Waals surface area (Å²) >= 11 is 0. The van der Waals surface area contributed by atoms with Gasteiger partial charge in [-0.15, -0.1) is 0 Å². The fourth-order valence-electron chi connectivity index (χ4n) is 2.76. The third kappa shape index (κ3) is 2.20. The number of hydrogen-bond donors (Lipinski definition) is 0. The molecule has 0 aromatic heterocycles. The summed E-state index contributed by atoms with van der Waals surface area (Å²) < 4.78 is 0. The second-order valence-electron chi connectivity index (χ2n) is 4.93. The largest absolute Gasteiger partial charge is 0.0617 e. The van der Waals surface area contributed by atoms with Gasteiger partial charge in [0.1, 0.15) is 0 Å². The van der Waals surface area contributed by atoms with E-state index < -0.39 is 0 Å². The Kier molecular flexibility index (Phi) is 3.86. The molecule has 0 bridgehead atoms. The quantitative estimate of drug-likeness (QED) is 0.698. The number of benzene rings is 2. The molecule has 0 nitrogen and oxygen atoms in total. The first-order valence-electron chi connectivity index (χ1n) is 6.86. The third-order valence-electron chi connectivity index (χ3n) is 3.73. The van der Waals surface area contributed by atoms with Gasteiger partial charge in [0.2, 0.25) is 0 Å². The summed E-state index contributed by atoms with van der Waals surface area (Å²) in [4.78, 5) is 0. The van der Waals surface area contributed by atoms with Crippen molar-refractivity contribution >= 4 is 0 Å². The van der Waals surface area contributed by atoms with Crippen LogP contribution in [0.1, 0.15) is 36.1 Å². The number of aryl methyl sites for hydroxylation is 4. The Bertz CT molecular complexity index is 498. The zero-order chi connectivity index (χ0) is 13.1. The molecule has 0 aliphatic heterocycles. The zero-order valence-corrected chi connectivity index (χ0v) is 11.9. The molecule has 0 amide bonds. The van der Waals surface area contributed by atoms with E-state index in [-0.39, 0.29) is 0 Å². The van der Waals surface area contributed by atoms with Crippen LogP contribution in [0.4, 0.5) is 0 Å². The second-order valence-corrected chi connectivity index (χ2v) is 4.93. The molecule has 0 spiro atoms. The minimum atomic E-state index is 1.09. The van der Waals surface area contributed by atoms with Gasteiger partial charge in [0, 0.05) is 0 Å². The molecular formula is C18H22. The van der Waals surface area contributed by atoms with Crippen LogP contribution in [0.5, 0.6) is 0 Å². The fourth-order valence-corrected chi connectivity index (χ4v) is 2.76. The van der Waals surface area contributed by atoms with Gasteiger partial charge in [-0.1, -0.05) is 50.2 Å². The van der Waals surface area contributed by atoms with Crippen molar-refractivity contribution < 1.29 is 0 Å². The lowest BCUT2D eigenvalue weighted by Crippen LogP contribution is -1.97. The summed E-state index contributed by atoms with van der Waals surface area (Å²) in [6.07, 6.45) is 2.18. The Hall–Kier alpha value is -1.56. The normalized spacial score (nSPS) is 10.7. The molecule has 0 atom stereocenters. The maximum Gasteiger partial charge on any atom is -0.0117 e. The average Bonchev–Trinajstić information content (AvgIpc) is 2.38. The van der Waals surface area contributed by atoms with Crippen LogP contribution in [0, 0.1) is 13.8 Å². The SMILES string of the molecule is CCc1cccc(C)c1-c1c(C)cccc1CC. The maximum absolute atomic E-state index is 2.26. The summed E-state index contributed by atoms with van der Waals surface area (Å²) in [6.45, 7) is 8.92. The van der Waals surface area contributed by atoms with E-state index in [0.717, 1.165) is 12.8 Å². The lowest BCUT2D eigenvalue weighted by atomic mass is 9.87. The monoisotopic (exact) mass is 238 g/mol. The summed E-state index contributed by atoms with van der Waals surface area (Å²) in [5.74, 6) is 0. The van der Waals surface area contributed by atoms with E-state index in [4.69, 9.17) is 0 Å². The Morgan fingerprint density at radius 3 is 1.39 bits per heavy atom. The molecule has 0 saturated heterocycles. The van der Waals surface area contributed by atoms with Crippen molar-refractivity contribution in [2.45, 2.75) is 40.5 Å². The molecule has 0 aliphatic carbocycles. The minimum absolute atomic E-state index is 1.09. The van der Waals surface area contributed by atoms with Crippen LogP contribution in [0.15, 0.2) is 36.4 Å². The molecule has 0 aliphatic rings. The van der Waals surface area contributed by atoms with Gasteiger partial charge in [-0.3, -0.25) is 0 Å². The summed E-state index contributed by atoms with van der Waals surface area (Å²) in [5.41, 5.74) is 8.60. The molecule has 2 rings (SSSR count). The van der Waals surface area contributed by atoms with Crippen molar-refractivity contribution in [1.82, 2.24) is 0 Å². The maximum atomic E-state index is 2.26. The van der Waals surface area contributed by atoms with E-state index in [2.05, 4.69) is 64.1 Å². The van der Waals surface area contributed by atoms with Crippen molar-refractivity contribution in [3.05, 3.63) is 58.7 Å². The second kappa shape index (κ2) is 5.39. The first-order valence-corrected chi connectivity index (χ1v) is 6.86. The van der Waals surface area contributed by atoms with Gasteiger partial charge in [0.25, 0.3) is 0 Å². The molecule has 0 unspecified atom stereocenters. The molecule has 18 heavy (non-hydrogen) atoms. The van der Waals surface area contributed by atoms with Crippen LogP contribution in [0.25, 0.3) is 11.1 Å². The standard InChI is InChI=1S/C18H22/c1-5-15-11-7-9-13(3)17(15)18-14(4)10-8-12-16(18)6-2/h7-12H,5-6H2,1-4H3. The Morgan fingerprint density at radius 2 is 1.06 bits per heavy atom. The van der Waals surface area contributed by atoms with Crippen LogP contribution in [-0.2, 0) is 12.8 Å². The molecule has 0 radical (unpaired) electrons. The first-order chi connectivity index (χ1) is 8.69. The molecule has 0 heteroatoms. The van der Waals surface area contributed by atoms with Crippen LogP contribution < -0.4 is 0 Å². The average molecular weight is 238 g/mol. The van der Waals surface area contributed by atoms with E-state index in [0.29, 0.717) is 0 Å². The molecule has 0 fully saturated rings. The highest BCUT2D eigenvalue weighted by Crippen LogP contribution is 2.33. The molecule has 0 heterocycles. The zero-order valence-electron chi connectivity index (χ0n) is 11.9. The number of hydrogen-bond acceptors (Lipinski definition) is 0. The lowest BCUT2D eigenvalue weighted by Gasteiger charge is -2.17. The highest BCUT2D eigenvalue weighted by atomic mass is 14.2. The fraction of sp³-hybridized carbons (Fsp3) is 0.333. The number of rotatable bonds is 3. The van der Waals surface area contributed by atoms with Gasteiger partial charge in [-0.2, -0.15) is 0 Å². The van der Waals surface area contributed by atoms with Gasteiger partial charge in [-0.25, -0.2) is 0 Å². The lowest BCUT2D eigenvalue weighted by molar-refractivity contribution is 1.11. The highest BCUT2D eigenvalue weighted by molar-refractivity contribution is 5.76. The summed E-state index contributed by atoms with van der Waals surface area (Å²) in [7, 11) is 0. The Morgan fingerprint density at radius 1 is 0.667 bits per heavy atom. The summed E-state index contributed by atoms with van der Waals surface area (Å²) in [6, 6.07) is 13.3. The van der Waals surface area contributed by atoms with Crippen LogP contribution >= 0.6 is 0 Å². The van der Waals surface area contributed by atoms with E-state index in [1.165, 1.54) is 33.4 Å². The molecule has 94 valence electrons. The van der Waals surface area contributed by atoms with Gasteiger partial charge < -0.3 is 0 Å². The third-order valence-corrected chi connectivity index (χ3v) is 3.73. The van der Waals surface area contributed by atoms with E-state index in [9.17, 15) is 0 Å². The molecular weight excluding hydrogens is 216 g/mol. The van der Waals surface area contributed by atoms with Crippen LogP contribution in [-0.4, -0.2) is 0 Å². The Labute approximate surface area is 111 Å². The minimum Gasteiger partial charge on any atom is -0.0617 e. The Balaban J connectivity index is 2.76. The molecule has 2 aromatic rings. The predicted molar refractivity (Wildman–Crippen MR) is 80.1 cm³/mol. The molecule has 2 aromatic carbocycles. The van der Waals surface area contributed by atoms with E-state index in [1.807, 2.05) is 0 Å². The van der Waals surface area contributed by atoms with Crippen molar-refractivity contribution in [2.75, 3.05) is 0 Å². The van der Waals surface area contributed by atoms with Crippen molar-refractivity contribution in [1.29, 1.82) is 0 Å². The van der Waals surface area contributed by atoms with Gasteiger partial charge in [0.15, 0.2) is 0 Å². The van der Waals surface area contributed by atoms with E-state index >= 15 is 0 Å². The first kappa shape index (κ1) is 12.9. The van der Waals surface area contributed by atoms with Crippen LogP contribution in [0.3, 0.4) is 0 Å². The van der Waals surface area contributed by atoms with E-state index in [1.54, 1.807) is 0 Å². The predicted octanol–water partition coefficient (Wildman–Crippen LogP) is 5.10. The van der Waals surface area contributed by atoms with Gasteiger partial charge in [0.05, 0.1) is 0 Å². The summed E-state index contributed by atoms with van der Waals surface area (Å²) in [5, 5.41) is 0. The van der Waals surface area contributed by atoms with Crippen molar-refractivity contribution in [3.63, 3.8) is 0 Å². The topological polar surface area (TPSA) is 0 Å². The van der Waals surface area contributed by atoms with Gasteiger partial charge >= 0.3 is 0 Å². The van der Waals surface area contributed by atoms with Crippen molar-refractivity contribution in [3.8, 4) is 11.1 Å². The van der Waals surface area contributed by atoms with Gasteiger partial charge in [-0.05, 0) is 60.1 Å². The molecule has 0 saturated carbocycles. The van der Waals surface area contributed by atoms with Crippen LogP contribution in [0.2, 0.25) is 0 Å².